The van der Waals surface area contributed by atoms with Crippen molar-refractivity contribution in [1.29, 1.82) is 0 Å². The molecule has 0 radical (unpaired) electrons. The van der Waals surface area contributed by atoms with Crippen molar-refractivity contribution in [3.8, 4) is 0 Å². The highest BCUT2D eigenvalue weighted by atomic mass is 35.5. The van der Waals surface area contributed by atoms with Gasteiger partial charge in [0.1, 0.15) is 5.69 Å². The van der Waals surface area contributed by atoms with Crippen LogP contribution in [0.1, 0.15) is 12.5 Å². The molecule has 0 aliphatic rings. The van der Waals surface area contributed by atoms with Gasteiger partial charge in [0.05, 0.1) is 22.7 Å². The summed E-state index contributed by atoms with van der Waals surface area (Å²) in [4.78, 5) is 25.8. The van der Waals surface area contributed by atoms with Crippen LogP contribution in [0.15, 0.2) is 35.4 Å². The van der Waals surface area contributed by atoms with E-state index in [-0.39, 0.29) is 12.2 Å². The second kappa shape index (κ2) is 6.36. The summed E-state index contributed by atoms with van der Waals surface area (Å²) in [6.45, 7) is 2.60. The largest absolute Gasteiger partial charge is 0.380 e. The van der Waals surface area contributed by atoms with Crippen LogP contribution in [0.4, 0.5) is 11.4 Å². The second-order valence-electron chi connectivity index (χ2n) is 4.32. The smallest absolute Gasteiger partial charge is 0.347 e. The summed E-state index contributed by atoms with van der Waals surface area (Å²) in [7, 11) is 0. The Bertz CT molecular complexity index is 730. The first-order valence-electron chi connectivity index (χ1n) is 6.24. The Kier molecular flexibility index (Phi) is 4.54. The van der Waals surface area contributed by atoms with Crippen LogP contribution in [0, 0.1) is 10.1 Å². The van der Waals surface area contributed by atoms with Crippen molar-refractivity contribution in [1.82, 2.24) is 9.55 Å². The van der Waals surface area contributed by atoms with Gasteiger partial charge in [0.15, 0.2) is 0 Å². The number of hydrogen-bond donors (Lipinski definition) is 1. The molecule has 0 unspecified atom stereocenters. The molecule has 0 atom stereocenters. The summed E-state index contributed by atoms with van der Waals surface area (Å²) in [5.41, 5.74) is 0.576. The maximum Gasteiger partial charge on any atom is 0.347 e. The van der Waals surface area contributed by atoms with E-state index in [1.54, 1.807) is 12.1 Å². The maximum absolute atomic E-state index is 11.6. The van der Waals surface area contributed by atoms with Crippen molar-refractivity contribution in [3.05, 3.63) is 61.8 Å². The highest BCUT2D eigenvalue weighted by molar-refractivity contribution is 6.30. The lowest BCUT2D eigenvalue weighted by atomic mass is 10.1. The molecule has 0 spiro atoms. The van der Waals surface area contributed by atoms with Gasteiger partial charge in [0.2, 0.25) is 0 Å². The highest BCUT2D eigenvalue weighted by Gasteiger charge is 2.14. The Morgan fingerprint density at radius 2 is 2.24 bits per heavy atom. The summed E-state index contributed by atoms with van der Waals surface area (Å²) in [6.07, 6.45) is 2.71. The Hall–Kier alpha value is -2.41. The molecule has 7 nitrogen and oxygen atoms in total. The summed E-state index contributed by atoms with van der Waals surface area (Å²) in [5.74, 6) is 0. The number of nitro benzene ring substituents is 1. The molecule has 0 saturated heterocycles. The summed E-state index contributed by atoms with van der Waals surface area (Å²) in [6, 6.07) is 4.78. The lowest BCUT2D eigenvalue weighted by Gasteiger charge is -2.08. The number of nitrogens with one attached hydrogen (secondary N) is 1. The van der Waals surface area contributed by atoms with Gasteiger partial charge in [-0.25, -0.2) is 9.78 Å². The van der Waals surface area contributed by atoms with Crippen molar-refractivity contribution in [3.63, 3.8) is 0 Å². The number of rotatable bonds is 5. The zero-order valence-electron chi connectivity index (χ0n) is 11.2. The lowest BCUT2D eigenvalue weighted by Crippen LogP contribution is -2.22. The van der Waals surface area contributed by atoms with E-state index in [0.717, 1.165) is 0 Å². The molecule has 0 aliphatic heterocycles. The maximum atomic E-state index is 11.6. The molecule has 0 aliphatic carbocycles. The van der Waals surface area contributed by atoms with Gasteiger partial charge < -0.3 is 5.32 Å². The number of nitrogens with zero attached hydrogens (tertiary/aromatic N) is 3. The van der Waals surface area contributed by atoms with E-state index in [1.807, 2.05) is 6.92 Å². The molecule has 21 heavy (non-hydrogen) atoms. The van der Waals surface area contributed by atoms with Crippen molar-refractivity contribution in [2.24, 2.45) is 0 Å². The molecular weight excluding hydrogens is 296 g/mol. The average Bonchev–Trinajstić information content (AvgIpc) is 2.44. The first kappa shape index (κ1) is 15.0. The monoisotopic (exact) mass is 308 g/mol. The molecule has 1 N–H and O–H groups in total. The Balaban J connectivity index is 2.37. The molecule has 0 amide bonds. The van der Waals surface area contributed by atoms with Crippen molar-refractivity contribution < 1.29 is 4.92 Å². The van der Waals surface area contributed by atoms with E-state index in [2.05, 4.69) is 10.3 Å². The fourth-order valence-corrected chi connectivity index (χ4v) is 2.07. The fourth-order valence-electron chi connectivity index (χ4n) is 1.91. The van der Waals surface area contributed by atoms with Gasteiger partial charge in [-0.05, 0) is 18.6 Å². The minimum atomic E-state index is -0.460. The second-order valence-corrected chi connectivity index (χ2v) is 4.76. The van der Waals surface area contributed by atoms with Crippen LogP contribution in [0.5, 0.6) is 0 Å². The van der Waals surface area contributed by atoms with Gasteiger partial charge >= 0.3 is 5.69 Å². The molecule has 2 rings (SSSR count). The van der Waals surface area contributed by atoms with Crippen molar-refractivity contribution in [2.45, 2.75) is 13.5 Å². The number of anilines is 1. The first-order valence-corrected chi connectivity index (χ1v) is 6.62. The molecule has 0 saturated carbocycles. The van der Waals surface area contributed by atoms with E-state index in [9.17, 15) is 14.9 Å². The number of hydrogen-bond acceptors (Lipinski definition) is 5. The number of benzene rings is 1. The highest BCUT2D eigenvalue weighted by Crippen LogP contribution is 2.25. The van der Waals surface area contributed by atoms with Crippen molar-refractivity contribution in [2.75, 3.05) is 11.9 Å². The molecule has 0 fully saturated rings. The van der Waals surface area contributed by atoms with Gasteiger partial charge in [-0.3, -0.25) is 14.7 Å². The van der Waals surface area contributed by atoms with Crippen LogP contribution in [0.25, 0.3) is 0 Å². The zero-order chi connectivity index (χ0) is 15.4. The van der Waals surface area contributed by atoms with E-state index in [4.69, 9.17) is 11.6 Å². The number of nitro groups is 1. The third-order valence-corrected chi connectivity index (χ3v) is 3.00. The SMILES string of the molecule is CCNc1ccc(Cn2cc(Cl)cnc2=O)cc1[N+](=O)[O-]. The number of aromatic nitrogens is 2. The molecule has 1 aromatic heterocycles. The van der Waals surface area contributed by atoms with Crippen LogP contribution in [-0.4, -0.2) is 21.0 Å². The predicted molar refractivity (Wildman–Crippen MR) is 79.9 cm³/mol. The molecule has 0 bridgehead atoms. The molecular formula is C13H13ClN4O3. The Morgan fingerprint density at radius 3 is 2.90 bits per heavy atom. The number of halogens is 1. The summed E-state index contributed by atoms with van der Waals surface area (Å²) < 4.78 is 1.30. The van der Waals surface area contributed by atoms with E-state index < -0.39 is 10.6 Å². The van der Waals surface area contributed by atoms with Gasteiger partial charge in [-0.1, -0.05) is 17.7 Å². The predicted octanol–water partition coefficient (Wildman–Crippen LogP) is 2.29. The van der Waals surface area contributed by atoms with Crippen LogP contribution < -0.4 is 11.0 Å². The standard InChI is InChI=1S/C13H13ClN4O3/c1-2-15-11-4-3-9(5-12(11)18(20)21)7-17-8-10(14)6-16-13(17)19/h3-6,8,15H,2,7H2,1H3. The van der Waals surface area contributed by atoms with Gasteiger partial charge in [0, 0.05) is 18.8 Å². The average molecular weight is 309 g/mol. The van der Waals surface area contributed by atoms with Gasteiger partial charge in [-0.15, -0.1) is 0 Å². The minimum Gasteiger partial charge on any atom is -0.380 e. The normalized spacial score (nSPS) is 10.4. The quantitative estimate of drug-likeness (QED) is 0.676. The summed E-state index contributed by atoms with van der Waals surface area (Å²) in [5, 5.41) is 14.3. The Morgan fingerprint density at radius 1 is 1.48 bits per heavy atom. The molecule has 1 aromatic carbocycles. The topological polar surface area (TPSA) is 90.1 Å². The first-order chi connectivity index (χ1) is 10.0. The lowest BCUT2D eigenvalue weighted by molar-refractivity contribution is -0.384. The summed E-state index contributed by atoms with van der Waals surface area (Å²) >= 11 is 5.79. The molecule has 2 aromatic rings. The minimum absolute atomic E-state index is 0.0302. The van der Waals surface area contributed by atoms with Gasteiger partial charge in [0.25, 0.3) is 5.69 Å². The molecule has 8 heteroatoms. The Labute approximate surface area is 125 Å². The van der Waals surface area contributed by atoms with E-state index in [1.165, 1.54) is 23.0 Å². The van der Waals surface area contributed by atoms with Crippen LogP contribution in [0.3, 0.4) is 0 Å². The van der Waals surface area contributed by atoms with Crippen LogP contribution in [-0.2, 0) is 6.54 Å². The third kappa shape index (κ3) is 3.57. The van der Waals surface area contributed by atoms with E-state index in [0.29, 0.717) is 22.8 Å². The van der Waals surface area contributed by atoms with Crippen molar-refractivity contribution >= 4 is 23.0 Å². The molecule has 1 heterocycles. The van der Waals surface area contributed by atoms with Crippen LogP contribution >= 0.6 is 11.6 Å². The van der Waals surface area contributed by atoms with E-state index >= 15 is 0 Å². The third-order valence-electron chi connectivity index (χ3n) is 2.80. The van der Waals surface area contributed by atoms with Gasteiger partial charge in [-0.2, -0.15) is 0 Å². The fraction of sp³-hybridized carbons (Fsp3) is 0.231. The van der Waals surface area contributed by atoms with Crippen LogP contribution in [0.2, 0.25) is 5.02 Å². The zero-order valence-corrected chi connectivity index (χ0v) is 12.0. The molecule has 110 valence electrons.